The molecule has 3 N–H and O–H groups in total. The minimum absolute atomic E-state index is 0.337. The van der Waals surface area contributed by atoms with Gasteiger partial charge >= 0.3 is 0 Å². The highest BCUT2D eigenvalue weighted by atomic mass is 33.1. The number of nitrogens with two attached hydrogens (primary N) is 1. The van der Waals surface area contributed by atoms with Crippen molar-refractivity contribution in [1.29, 1.82) is 0 Å². The fourth-order valence-electron chi connectivity index (χ4n) is 1.27. The third kappa shape index (κ3) is 4.56. The van der Waals surface area contributed by atoms with Crippen LogP contribution in [0.3, 0.4) is 0 Å². The third-order valence-electron chi connectivity index (χ3n) is 2.07. The Hall–Kier alpha value is 0.580. The van der Waals surface area contributed by atoms with Gasteiger partial charge in [0.05, 0.1) is 5.60 Å². The van der Waals surface area contributed by atoms with E-state index in [2.05, 4.69) is 4.90 Å². The van der Waals surface area contributed by atoms with Gasteiger partial charge in [-0.25, -0.2) is 0 Å². The van der Waals surface area contributed by atoms with Crippen LogP contribution in [0.2, 0.25) is 0 Å². The lowest BCUT2D eigenvalue weighted by atomic mass is 10.1. The van der Waals surface area contributed by atoms with Crippen molar-refractivity contribution in [2.45, 2.75) is 12.5 Å². The van der Waals surface area contributed by atoms with Crippen LogP contribution in [-0.2, 0) is 0 Å². The summed E-state index contributed by atoms with van der Waals surface area (Å²) in [6, 6.07) is 0. The monoisotopic (exact) mass is 222 g/mol. The molecule has 0 aromatic carbocycles. The Labute approximate surface area is 87.8 Å². The fourth-order valence-corrected chi connectivity index (χ4v) is 3.32. The molecule has 1 rings (SSSR count). The second-order valence-electron chi connectivity index (χ2n) is 3.62. The molecular weight excluding hydrogens is 204 g/mol. The van der Waals surface area contributed by atoms with E-state index in [1.165, 1.54) is 0 Å². The van der Waals surface area contributed by atoms with Gasteiger partial charge in [-0.3, -0.25) is 4.90 Å². The van der Waals surface area contributed by atoms with Crippen molar-refractivity contribution in [2.24, 2.45) is 5.73 Å². The molecule has 1 aliphatic heterocycles. The molecule has 1 fully saturated rings. The molecule has 0 spiro atoms. The summed E-state index contributed by atoms with van der Waals surface area (Å²) in [6.45, 7) is 4.97. The van der Waals surface area contributed by atoms with Crippen LogP contribution in [0.1, 0.15) is 6.92 Å². The minimum atomic E-state index is -0.723. The predicted octanol–water partition coefficient (Wildman–Crippen LogP) is 0.393. The van der Waals surface area contributed by atoms with E-state index in [9.17, 15) is 5.11 Å². The molecule has 1 saturated heterocycles. The molecule has 0 aromatic heterocycles. The summed E-state index contributed by atoms with van der Waals surface area (Å²) in [7, 11) is 3.83. The number of rotatable bonds is 3. The first kappa shape index (κ1) is 11.7. The zero-order valence-electron chi connectivity index (χ0n) is 8.03. The van der Waals surface area contributed by atoms with Gasteiger partial charge in [0.15, 0.2) is 0 Å². The maximum Gasteiger partial charge on any atom is 0.0867 e. The smallest absolute Gasteiger partial charge is 0.0867 e. The molecule has 0 radical (unpaired) electrons. The molecule has 13 heavy (non-hydrogen) atoms. The summed E-state index contributed by atoms with van der Waals surface area (Å²) in [5, 5.41) is 9.79. The van der Waals surface area contributed by atoms with Crippen molar-refractivity contribution >= 4 is 21.6 Å². The Balaban J connectivity index is 2.33. The second-order valence-corrected chi connectivity index (χ2v) is 6.32. The maximum atomic E-state index is 9.79. The largest absolute Gasteiger partial charge is 0.388 e. The molecule has 1 heterocycles. The first-order valence-electron chi connectivity index (χ1n) is 4.53. The number of nitrogens with zero attached hydrogens (tertiary/aromatic N) is 1. The Morgan fingerprint density at radius 1 is 1.38 bits per heavy atom. The summed E-state index contributed by atoms with van der Waals surface area (Å²) in [5.74, 6) is 2.29. The number of hydrogen-bond donors (Lipinski definition) is 2. The van der Waals surface area contributed by atoms with Gasteiger partial charge in [-0.15, -0.1) is 0 Å². The first-order valence-corrected chi connectivity index (χ1v) is 7.02. The molecule has 0 bridgehead atoms. The van der Waals surface area contributed by atoms with Crippen LogP contribution in [0, 0.1) is 0 Å². The Kier molecular flexibility index (Phi) is 4.89. The van der Waals surface area contributed by atoms with E-state index in [1.54, 1.807) is 6.92 Å². The number of aliphatic hydroxyl groups is 1. The normalized spacial score (nSPS) is 25.2. The van der Waals surface area contributed by atoms with Crippen molar-refractivity contribution in [3.8, 4) is 0 Å². The average Bonchev–Trinajstić information content (AvgIpc) is 2.32. The van der Waals surface area contributed by atoms with Gasteiger partial charge in [0, 0.05) is 37.7 Å². The molecule has 1 unspecified atom stereocenters. The molecule has 78 valence electrons. The zero-order valence-corrected chi connectivity index (χ0v) is 9.66. The van der Waals surface area contributed by atoms with Crippen molar-refractivity contribution in [1.82, 2.24) is 4.90 Å². The molecular formula is C8H18N2OS2. The second kappa shape index (κ2) is 5.46. The summed E-state index contributed by atoms with van der Waals surface area (Å²) in [6.07, 6.45) is 0. The van der Waals surface area contributed by atoms with Crippen molar-refractivity contribution in [3.05, 3.63) is 0 Å². The first-order chi connectivity index (χ1) is 6.14. The van der Waals surface area contributed by atoms with E-state index in [4.69, 9.17) is 5.73 Å². The highest BCUT2D eigenvalue weighted by Crippen LogP contribution is 2.24. The molecule has 0 amide bonds. The highest BCUT2D eigenvalue weighted by Gasteiger charge is 2.22. The topological polar surface area (TPSA) is 49.5 Å². The highest BCUT2D eigenvalue weighted by molar-refractivity contribution is 8.76. The zero-order chi connectivity index (χ0) is 9.73. The lowest BCUT2D eigenvalue weighted by molar-refractivity contribution is 0.0313. The Morgan fingerprint density at radius 2 is 1.92 bits per heavy atom. The Bertz CT molecular complexity index is 147. The molecule has 0 aromatic rings. The van der Waals surface area contributed by atoms with Gasteiger partial charge in [-0.1, -0.05) is 21.6 Å². The van der Waals surface area contributed by atoms with Crippen LogP contribution in [0.5, 0.6) is 0 Å². The van der Waals surface area contributed by atoms with Crippen molar-refractivity contribution in [2.75, 3.05) is 37.7 Å². The lowest BCUT2D eigenvalue weighted by Gasteiger charge is -2.29. The Morgan fingerprint density at radius 3 is 2.38 bits per heavy atom. The van der Waals surface area contributed by atoms with Gasteiger partial charge in [0.1, 0.15) is 0 Å². The molecule has 3 nitrogen and oxygen atoms in total. The SMILES string of the molecule is CC(O)(CN)CN1CCSSCC1. The molecule has 1 atom stereocenters. The van der Waals surface area contributed by atoms with Gasteiger partial charge < -0.3 is 10.8 Å². The van der Waals surface area contributed by atoms with Crippen LogP contribution in [0.15, 0.2) is 0 Å². The number of β-amino-alcohol motifs (C(OH)–C–C–N with tert-alkyl or cyclic N) is 1. The van der Waals surface area contributed by atoms with Gasteiger partial charge in [-0.2, -0.15) is 0 Å². The quantitative estimate of drug-likeness (QED) is 0.677. The fraction of sp³-hybridized carbons (Fsp3) is 1.00. The van der Waals surface area contributed by atoms with Crippen LogP contribution >= 0.6 is 21.6 Å². The maximum absolute atomic E-state index is 9.79. The van der Waals surface area contributed by atoms with Crippen LogP contribution in [-0.4, -0.2) is 53.3 Å². The van der Waals surface area contributed by atoms with E-state index in [0.717, 1.165) is 24.6 Å². The van der Waals surface area contributed by atoms with Gasteiger partial charge in [-0.05, 0) is 6.92 Å². The standard InChI is InChI=1S/C8H18N2OS2/c1-8(11,6-9)7-10-2-4-12-13-5-3-10/h11H,2-7,9H2,1H3. The summed E-state index contributed by atoms with van der Waals surface area (Å²) >= 11 is 0. The van der Waals surface area contributed by atoms with E-state index >= 15 is 0 Å². The summed E-state index contributed by atoms with van der Waals surface area (Å²) in [5.41, 5.74) is 4.75. The molecule has 5 heteroatoms. The van der Waals surface area contributed by atoms with E-state index in [-0.39, 0.29) is 0 Å². The summed E-state index contributed by atoms with van der Waals surface area (Å²) in [4.78, 5) is 2.29. The predicted molar refractivity (Wildman–Crippen MR) is 61.0 cm³/mol. The van der Waals surface area contributed by atoms with Crippen LogP contribution in [0.25, 0.3) is 0 Å². The molecule has 0 saturated carbocycles. The van der Waals surface area contributed by atoms with E-state index < -0.39 is 5.60 Å². The third-order valence-corrected chi connectivity index (χ3v) is 4.43. The van der Waals surface area contributed by atoms with Gasteiger partial charge in [0.2, 0.25) is 0 Å². The van der Waals surface area contributed by atoms with Crippen molar-refractivity contribution < 1.29 is 5.11 Å². The minimum Gasteiger partial charge on any atom is -0.388 e. The average molecular weight is 222 g/mol. The van der Waals surface area contributed by atoms with E-state index in [1.807, 2.05) is 21.6 Å². The van der Waals surface area contributed by atoms with Gasteiger partial charge in [0.25, 0.3) is 0 Å². The van der Waals surface area contributed by atoms with Crippen LogP contribution < -0.4 is 5.73 Å². The molecule has 1 aliphatic rings. The number of hydrogen-bond acceptors (Lipinski definition) is 5. The van der Waals surface area contributed by atoms with Crippen molar-refractivity contribution in [3.63, 3.8) is 0 Å². The molecule has 0 aliphatic carbocycles. The van der Waals surface area contributed by atoms with Crippen LogP contribution in [0.4, 0.5) is 0 Å². The summed E-state index contributed by atoms with van der Waals surface area (Å²) < 4.78 is 0. The van der Waals surface area contributed by atoms with E-state index in [0.29, 0.717) is 13.1 Å². The lowest BCUT2D eigenvalue weighted by Crippen LogP contribution is -2.46.